The first-order chi connectivity index (χ1) is 5.00. The minimum Gasteiger partial charge on any atom is -0.479 e. The smallest absolute Gasteiger partial charge is 0.334 e. The van der Waals surface area contributed by atoms with Gasteiger partial charge in [-0.05, 0) is 21.0 Å². The van der Waals surface area contributed by atoms with E-state index in [9.17, 15) is 4.79 Å². The van der Waals surface area contributed by atoms with Crippen LogP contribution in [0.4, 0.5) is 0 Å². The third-order valence-corrected chi connectivity index (χ3v) is 1.75. The van der Waals surface area contributed by atoms with Crippen LogP contribution in [0.1, 0.15) is 6.92 Å². The third-order valence-electron chi connectivity index (χ3n) is 1.75. The number of aliphatic carboxylic acids is 1. The first-order valence-electron chi connectivity index (χ1n) is 3.42. The highest BCUT2D eigenvalue weighted by Crippen LogP contribution is 2.03. The summed E-state index contributed by atoms with van der Waals surface area (Å²) in [5.41, 5.74) is 0. The topological polar surface area (TPSA) is 49.8 Å². The van der Waals surface area contributed by atoms with Crippen LogP contribution < -0.4 is 0 Å². The Kier molecular flexibility index (Phi) is 4.07. The molecule has 0 aliphatic heterocycles. The minimum absolute atomic E-state index is 0.113. The highest BCUT2D eigenvalue weighted by molar-refractivity contribution is 5.73. The minimum atomic E-state index is -0.922. The summed E-state index contributed by atoms with van der Waals surface area (Å²) in [6, 6.07) is -0.113. The Morgan fingerprint density at radius 3 is 2.09 bits per heavy atom. The molecule has 0 spiro atoms. The Balaban J connectivity index is 4.14. The fraction of sp³-hybridized carbons (Fsp3) is 0.857. The zero-order valence-corrected chi connectivity index (χ0v) is 7.37. The molecular weight excluding hydrogens is 146 g/mol. The molecular formula is C7H15NO3. The second-order valence-electron chi connectivity index (χ2n) is 2.70. The van der Waals surface area contributed by atoms with Crippen LogP contribution in [0.25, 0.3) is 0 Å². The van der Waals surface area contributed by atoms with Gasteiger partial charge in [-0.2, -0.15) is 0 Å². The monoisotopic (exact) mass is 161 g/mol. The molecule has 0 fully saturated rings. The van der Waals surface area contributed by atoms with Gasteiger partial charge in [-0.15, -0.1) is 0 Å². The highest BCUT2D eigenvalue weighted by Gasteiger charge is 2.25. The predicted molar refractivity (Wildman–Crippen MR) is 41.6 cm³/mol. The van der Waals surface area contributed by atoms with Gasteiger partial charge in [-0.1, -0.05) is 0 Å². The standard InChI is InChI=1S/C7H15NO3/c1-5(8(2)3)6(11-4)7(9)10/h5-6H,1-4H3,(H,9,10)/t5-,6+/m0/s1. The van der Waals surface area contributed by atoms with E-state index in [2.05, 4.69) is 0 Å². The first-order valence-corrected chi connectivity index (χ1v) is 3.42. The van der Waals surface area contributed by atoms with Gasteiger partial charge in [0.2, 0.25) is 0 Å². The maximum absolute atomic E-state index is 10.5. The van der Waals surface area contributed by atoms with E-state index in [-0.39, 0.29) is 6.04 Å². The Labute approximate surface area is 66.8 Å². The maximum atomic E-state index is 10.5. The quantitative estimate of drug-likeness (QED) is 0.632. The summed E-state index contributed by atoms with van der Waals surface area (Å²) < 4.78 is 4.79. The molecule has 4 nitrogen and oxygen atoms in total. The van der Waals surface area contributed by atoms with Crippen molar-refractivity contribution < 1.29 is 14.6 Å². The van der Waals surface area contributed by atoms with Crippen LogP contribution in [0, 0.1) is 0 Å². The van der Waals surface area contributed by atoms with Crippen LogP contribution in [0.2, 0.25) is 0 Å². The first kappa shape index (κ1) is 10.4. The lowest BCUT2D eigenvalue weighted by atomic mass is 10.2. The van der Waals surface area contributed by atoms with E-state index in [1.54, 1.807) is 0 Å². The maximum Gasteiger partial charge on any atom is 0.334 e. The number of carboxylic acid groups (broad SMARTS) is 1. The van der Waals surface area contributed by atoms with Crippen LogP contribution in [-0.4, -0.2) is 49.3 Å². The van der Waals surface area contributed by atoms with Gasteiger partial charge in [-0.3, -0.25) is 0 Å². The molecule has 0 bridgehead atoms. The lowest BCUT2D eigenvalue weighted by molar-refractivity contribution is -0.151. The number of hydrogen-bond donors (Lipinski definition) is 1. The van der Waals surface area contributed by atoms with Gasteiger partial charge in [0.1, 0.15) is 0 Å². The molecule has 0 aromatic heterocycles. The average molecular weight is 161 g/mol. The Morgan fingerprint density at radius 1 is 1.55 bits per heavy atom. The van der Waals surface area contributed by atoms with Gasteiger partial charge < -0.3 is 14.7 Å². The van der Waals surface area contributed by atoms with Crippen molar-refractivity contribution in [2.24, 2.45) is 0 Å². The molecule has 0 aliphatic carbocycles. The number of hydrogen-bond acceptors (Lipinski definition) is 3. The molecule has 0 unspecified atom stereocenters. The van der Waals surface area contributed by atoms with E-state index in [0.29, 0.717) is 0 Å². The summed E-state index contributed by atoms with van der Waals surface area (Å²) in [6.07, 6.45) is -0.745. The normalized spacial score (nSPS) is 16.5. The van der Waals surface area contributed by atoms with Gasteiger partial charge in [0.25, 0.3) is 0 Å². The predicted octanol–water partition coefficient (Wildman–Crippen LogP) is 0.0361. The number of nitrogens with zero attached hydrogens (tertiary/aromatic N) is 1. The van der Waals surface area contributed by atoms with E-state index in [1.807, 2.05) is 25.9 Å². The molecule has 0 saturated heterocycles. The van der Waals surface area contributed by atoms with E-state index < -0.39 is 12.1 Å². The van der Waals surface area contributed by atoms with Gasteiger partial charge in [0.15, 0.2) is 6.10 Å². The van der Waals surface area contributed by atoms with Crippen LogP contribution in [0.5, 0.6) is 0 Å². The Morgan fingerprint density at radius 2 is 2.00 bits per heavy atom. The van der Waals surface area contributed by atoms with Gasteiger partial charge in [0.05, 0.1) is 0 Å². The molecule has 0 aromatic carbocycles. The molecule has 0 aliphatic rings. The fourth-order valence-electron chi connectivity index (χ4n) is 0.775. The molecule has 0 amide bonds. The van der Waals surface area contributed by atoms with E-state index in [0.717, 1.165) is 0 Å². The van der Waals surface area contributed by atoms with E-state index in [4.69, 9.17) is 9.84 Å². The zero-order valence-electron chi connectivity index (χ0n) is 7.37. The second kappa shape index (κ2) is 4.31. The second-order valence-corrected chi connectivity index (χ2v) is 2.70. The number of likely N-dealkylation sites (N-methyl/N-ethyl adjacent to an activating group) is 1. The van der Waals surface area contributed by atoms with Crippen molar-refractivity contribution in [3.05, 3.63) is 0 Å². The van der Waals surface area contributed by atoms with Gasteiger partial charge in [0, 0.05) is 13.2 Å². The molecule has 4 heteroatoms. The molecule has 11 heavy (non-hydrogen) atoms. The van der Waals surface area contributed by atoms with Crippen molar-refractivity contribution >= 4 is 5.97 Å². The number of ether oxygens (including phenoxy) is 1. The SMILES string of the molecule is CO[C@@H](C(=O)O)[C@H](C)N(C)C. The van der Waals surface area contributed by atoms with E-state index >= 15 is 0 Å². The molecule has 66 valence electrons. The number of carbonyl (C=O) groups is 1. The van der Waals surface area contributed by atoms with E-state index in [1.165, 1.54) is 7.11 Å². The summed E-state index contributed by atoms with van der Waals surface area (Å²) in [4.78, 5) is 12.3. The molecule has 2 atom stereocenters. The summed E-state index contributed by atoms with van der Waals surface area (Å²) in [5, 5.41) is 8.64. The van der Waals surface area contributed by atoms with Gasteiger partial charge >= 0.3 is 5.97 Å². The number of methoxy groups -OCH3 is 1. The number of carboxylic acids is 1. The third kappa shape index (κ3) is 2.86. The molecule has 1 N–H and O–H groups in total. The Bertz CT molecular complexity index is 136. The Hall–Kier alpha value is -0.610. The lowest BCUT2D eigenvalue weighted by Crippen LogP contribution is -2.42. The highest BCUT2D eigenvalue weighted by atomic mass is 16.5. The average Bonchev–Trinajstić information content (AvgIpc) is 1.88. The molecule has 0 saturated carbocycles. The number of rotatable bonds is 4. The zero-order chi connectivity index (χ0) is 9.02. The lowest BCUT2D eigenvalue weighted by Gasteiger charge is -2.24. The fourth-order valence-corrected chi connectivity index (χ4v) is 0.775. The molecule has 0 rings (SSSR count). The molecule has 0 heterocycles. The van der Waals surface area contributed by atoms with Crippen LogP contribution in [0.15, 0.2) is 0 Å². The van der Waals surface area contributed by atoms with Crippen LogP contribution >= 0.6 is 0 Å². The van der Waals surface area contributed by atoms with Crippen molar-refractivity contribution in [1.82, 2.24) is 4.90 Å². The summed E-state index contributed by atoms with van der Waals surface area (Å²) in [7, 11) is 5.04. The van der Waals surface area contributed by atoms with Crippen LogP contribution in [0.3, 0.4) is 0 Å². The molecule has 0 radical (unpaired) electrons. The van der Waals surface area contributed by atoms with Crippen LogP contribution in [-0.2, 0) is 9.53 Å². The summed E-state index contributed by atoms with van der Waals surface area (Å²) >= 11 is 0. The molecule has 0 aromatic rings. The summed E-state index contributed by atoms with van der Waals surface area (Å²) in [5.74, 6) is -0.922. The van der Waals surface area contributed by atoms with Crippen molar-refractivity contribution in [3.63, 3.8) is 0 Å². The van der Waals surface area contributed by atoms with Crippen molar-refractivity contribution in [1.29, 1.82) is 0 Å². The summed E-state index contributed by atoms with van der Waals surface area (Å²) in [6.45, 7) is 1.81. The van der Waals surface area contributed by atoms with Crippen molar-refractivity contribution in [2.75, 3.05) is 21.2 Å². The van der Waals surface area contributed by atoms with Gasteiger partial charge in [-0.25, -0.2) is 4.79 Å². The largest absolute Gasteiger partial charge is 0.479 e. The van der Waals surface area contributed by atoms with Crippen molar-refractivity contribution in [2.45, 2.75) is 19.1 Å². The van der Waals surface area contributed by atoms with Crippen molar-refractivity contribution in [3.8, 4) is 0 Å².